The minimum atomic E-state index is -0.853. The zero-order valence-corrected chi connectivity index (χ0v) is 18.5. The Bertz CT molecular complexity index is 1100. The van der Waals surface area contributed by atoms with Crippen LogP contribution >= 0.6 is 15.9 Å². The third kappa shape index (κ3) is 5.08. The maximum Gasteiger partial charge on any atom is 0.255 e. The molecule has 8 heteroatoms. The van der Waals surface area contributed by atoms with E-state index in [0.717, 1.165) is 21.3 Å². The number of aromatic nitrogens is 2. The number of ether oxygens (including phenoxy) is 1. The molecule has 7 nitrogen and oxygen atoms in total. The van der Waals surface area contributed by atoms with Crippen molar-refractivity contribution in [2.45, 2.75) is 31.8 Å². The molecule has 2 aromatic carbocycles. The Labute approximate surface area is 188 Å². The number of rotatable bonds is 7. The Morgan fingerprint density at radius 2 is 1.81 bits per heavy atom. The normalized spacial score (nSPS) is 13.9. The van der Waals surface area contributed by atoms with Crippen molar-refractivity contribution in [3.63, 3.8) is 0 Å². The Kier molecular flexibility index (Phi) is 5.99. The van der Waals surface area contributed by atoms with Crippen LogP contribution in [0.4, 0.5) is 0 Å². The smallest absolute Gasteiger partial charge is 0.255 e. The number of hydrogen-bond donors (Lipinski definition) is 2. The molecule has 3 aromatic rings. The van der Waals surface area contributed by atoms with E-state index in [1.54, 1.807) is 0 Å². The third-order valence-electron chi connectivity index (χ3n) is 5.05. The van der Waals surface area contributed by atoms with Gasteiger partial charge in [-0.25, -0.2) is 9.97 Å². The van der Waals surface area contributed by atoms with E-state index in [4.69, 9.17) is 4.74 Å². The summed E-state index contributed by atoms with van der Waals surface area (Å²) in [6.07, 6.45) is 5.42. The lowest BCUT2D eigenvalue weighted by molar-refractivity contribution is -0.124. The van der Waals surface area contributed by atoms with Crippen LogP contribution in [-0.2, 0) is 11.3 Å². The van der Waals surface area contributed by atoms with Gasteiger partial charge in [-0.3, -0.25) is 9.59 Å². The summed E-state index contributed by atoms with van der Waals surface area (Å²) in [6.45, 7) is 2.38. The van der Waals surface area contributed by atoms with Crippen LogP contribution in [0.2, 0.25) is 0 Å². The van der Waals surface area contributed by atoms with Gasteiger partial charge >= 0.3 is 0 Å². The van der Waals surface area contributed by atoms with Gasteiger partial charge in [0.05, 0.1) is 10.0 Å². The minimum absolute atomic E-state index is 0.193. The number of aryl methyl sites for hydroxylation is 1. The SMILES string of the molecule is Cc1ccc(Oc2ccc(CNC(=O)C3(NC(=O)c4cncnc4)CC3)cc2)c(Br)c1. The number of nitrogens with zero attached hydrogens (tertiary/aromatic N) is 2. The van der Waals surface area contributed by atoms with E-state index in [0.29, 0.717) is 30.7 Å². The summed E-state index contributed by atoms with van der Waals surface area (Å²) in [5.74, 6) is 0.899. The van der Waals surface area contributed by atoms with E-state index >= 15 is 0 Å². The van der Waals surface area contributed by atoms with Crippen LogP contribution in [-0.4, -0.2) is 27.3 Å². The second-order valence-electron chi connectivity index (χ2n) is 7.53. The van der Waals surface area contributed by atoms with Gasteiger partial charge in [-0.2, -0.15) is 0 Å². The lowest BCUT2D eigenvalue weighted by Gasteiger charge is -2.17. The molecule has 0 unspecified atom stereocenters. The zero-order chi connectivity index (χ0) is 21.8. The van der Waals surface area contributed by atoms with E-state index in [9.17, 15) is 9.59 Å². The van der Waals surface area contributed by atoms with Crippen LogP contribution in [0.1, 0.15) is 34.3 Å². The van der Waals surface area contributed by atoms with Crippen LogP contribution in [0, 0.1) is 6.92 Å². The van der Waals surface area contributed by atoms with E-state index in [1.807, 2.05) is 49.4 Å². The average molecular weight is 481 g/mol. The van der Waals surface area contributed by atoms with Crippen LogP contribution in [0.3, 0.4) is 0 Å². The van der Waals surface area contributed by atoms with Crippen LogP contribution in [0.15, 0.2) is 65.7 Å². The van der Waals surface area contributed by atoms with Crippen molar-refractivity contribution in [3.05, 3.63) is 82.3 Å². The van der Waals surface area contributed by atoms with Crippen molar-refractivity contribution in [1.29, 1.82) is 0 Å². The predicted octanol–water partition coefficient (Wildman–Crippen LogP) is 3.92. The van der Waals surface area contributed by atoms with Gasteiger partial charge in [0.1, 0.15) is 23.4 Å². The highest BCUT2D eigenvalue weighted by Gasteiger charge is 2.51. The summed E-state index contributed by atoms with van der Waals surface area (Å²) < 4.78 is 6.79. The Morgan fingerprint density at radius 3 is 2.45 bits per heavy atom. The number of carbonyl (C=O) groups excluding carboxylic acids is 2. The first-order valence-electron chi connectivity index (χ1n) is 9.84. The molecule has 0 atom stereocenters. The Balaban J connectivity index is 1.31. The van der Waals surface area contributed by atoms with Crippen LogP contribution in [0.5, 0.6) is 11.5 Å². The first kappa shape index (κ1) is 21.0. The summed E-state index contributed by atoms with van der Waals surface area (Å²) >= 11 is 3.51. The number of halogens is 1. The molecule has 1 aliphatic carbocycles. The van der Waals surface area contributed by atoms with Crippen molar-refractivity contribution in [3.8, 4) is 11.5 Å². The molecule has 0 radical (unpaired) electrons. The van der Waals surface area contributed by atoms with E-state index in [1.165, 1.54) is 18.7 Å². The highest BCUT2D eigenvalue weighted by molar-refractivity contribution is 9.10. The third-order valence-corrected chi connectivity index (χ3v) is 5.67. The van der Waals surface area contributed by atoms with Crippen molar-refractivity contribution < 1.29 is 14.3 Å². The molecule has 1 fully saturated rings. The van der Waals surface area contributed by atoms with Gasteiger partial charge in [0.15, 0.2) is 0 Å². The van der Waals surface area contributed by atoms with Gasteiger partial charge in [-0.05, 0) is 71.1 Å². The molecule has 1 saturated carbocycles. The summed E-state index contributed by atoms with van der Waals surface area (Å²) in [5, 5.41) is 5.72. The average Bonchev–Trinajstić information content (AvgIpc) is 3.56. The number of hydrogen-bond acceptors (Lipinski definition) is 5. The van der Waals surface area contributed by atoms with Crippen LogP contribution < -0.4 is 15.4 Å². The molecule has 1 heterocycles. The molecule has 31 heavy (non-hydrogen) atoms. The van der Waals surface area contributed by atoms with Crippen molar-refractivity contribution >= 4 is 27.7 Å². The molecular weight excluding hydrogens is 460 g/mol. The number of benzene rings is 2. The number of carbonyl (C=O) groups is 2. The monoisotopic (exact) mass is 480 g/mol. The second-order valence-corrected chi connectivity index (χ2v) is 8.38. The summed E-state index contributed by atoms with van der Waals surface area (Å²) in [6, 6.07) is 13.4. The molecular formula is C23H21BrN4O3. The van der Waals surface area contributed by atoms with Gasteiger partial charge in [-0.1, -0.05) is 18.2 Å². The minimum Gasteiger partial charge on any atom is -0.456 e. The van der Waals surface area contributed by atoms with Crippen molar-refractivity contribution in [2.24, 2.45) is 0 Å². The Hall–Kier alpha value is -3.26. The van der Waals surface area contributed by atoms with Gasteiger partial charge in [0.25, 0.3) is 5.91 Å². The molecule has 2 amide bonds. The van der Waals surface area contributed by atoms with E-state index < -0.39 is 5.54 Å². The first-order chi connectivity index (χ1) is 14.9. The summed E-state index contributed by atoms with van der Waals surface area (Å²) in [4.78, 5) is 32.6. The number of nitrogens with one attached hydrogen (secondary N) is 2. The standard InChI is InChI=1S/C23H21BrN4O3/c1-15-2-7-20(19(24)10-15)31-18-5-3-16(4-6-18)11-27-22(30)23(8-9-23)28-21(29)17-12-25-14-26-13-17/h2-7,10,12-14H,8-9,11H2,1H3,(H,27,30)(H,28,29). The fourth-order valence-corrected chi connectivity index (χ4v) is 3.66. The lowest BCUT2D eigenvalue weighted by atomic mass is 10.2. The molecule has 1 aliphatic rings. The molecule has 158 valence electrons. The maximum atomic E-state index is 12.7. The molecule has 0 bridgehead atoms. The van der Waals surface area contributed by atoms with Gasteiger partial charge in [0, 0.05) is 18.9 Å². The largest absolute Gasteiger partial charge is 0.456 e. The first-order valence-corrected chi connectivity index (χ1v) is 10.6. The predicted molar refractivity (Wildman–Crippen MR) is 119 cm³/mol. The molecule has 0 aliphatic heterocycles. The fraction of sp³-hybridized carbons (Fsp3) is 0.217. The molecule has 0 saturated heterocycles. The molecule has 0 spiro atoms. The lowest BCUT2D eigenvalue weighted by Crippen LogP contribution is -2.48. The number of amides is 2. The second kappa shape index (κ2) is 8.85. The molecule has 4 rings (SSSR count). The highest BCUT2D eigenvalue weighted by Crippen LogP contribution is 2.36. The van der Waals surface area contributed by atoms with Crippen molar-refractivity contribution in [2.75, 3.05) is 0 Å². The maximum absolute atomic E-state index is 12.7. The molecule has 2 N–H and O–H groups in total. The van der Waals surface area contributed by atoms with Gasteiger partial charge in [0.2, 0.25) is 5.91 Å². The zero-order valence-electron chi connectivity index (χ0n) is 16.9. The van der Waals surface area contributed by atoms with Crippen LogP contribution in [0.25, 0.3) is 0 Å². The van der Waals surface area contributed by atoms with Gasteiger partial charge < -0.3 is 15.4 Å². The van der Waals surface area contributed by atoms with Crippen molar-refractivity contribution in [1.82, 2.24) is 20.6 Å². The Morgan fingerprint density at radius 1 is 1.10 bits per heavy atom. The fourth-order valence-electron chi connectivity index (χ4n) is 3.08. The van der Waals surface area contributed by atoms with E-state index in [2.05, 4.69) is 36.5 Å². The summed E-state index contributed by atoms with van der Waals surface area (Å²) in [7, 11) is 0. The van der Waals surface area contributed by atoms with Gasteiger partial charge in [-0.15, -0.1) is 0 Å². The van der Waals surface area contributed by atoms with E-state index in [-0.39, 0.29) is 11.8 Å². The highest BCUT2D eigenvalue weighted by atomic mass is 79.9. The topological polar surface area (TPSA) is 93.2 Å². The quantitative estimate of drug-likeness (QED) is 0.534. The summed E-state index contributed by atoms with van der Waals surface area (Å²) in [5.41, 5.74) is 1.56. The molecule has 1 aromatic heterocycles.